The third-order valence-corrected chi connectivity index (χ3v) is 3.98. The van der Waals surface area contributed by atoms with E-state index >= 15 is 0 Å². The Morgan fingerprint density at radius 1 is 1.25 bits per heavy atom. The SMILES string of the molecule is CC(C)(O)CN1CCN(c2cccc(Cl)c2CN)CC1. The van der Waals surface area contributed by atoms with Crippen molar-refractivity contribution in [3.05, 3.63) is 28.8 Å². The normalized spacial score (nSPS) is 17.6. The molecule has 0 spiro atoms. The average molecular weight is 298 g/mol. The monoisotopic (exact) mass is 297 g/mol. The third-order valence-electron chi connectivity index (χ3n) is 3.62. The summed E-state index contributed by atoms with van der Waals surface area (Å²) >= 11 is 6.21. The smallest absolute Gasteiger partial charge is 0.0718 e. The summed E-state index contributed by atoms with van der Waals surface area (Å²) in [7, 11) is 0. The molecule has 0 aromatic heterocycles. The van der Waals surface area contributed by atoms with Crippen molar-refractivity contribution in [2.45, 2.75) is 26.0 Å². The molecule has 1 heterocycles. The lowest BCUT2D eigenvalue weighted by molar-refractivity contribution is 0.0345. The number of aliphatic hydroxyl groups is 1. The van der Waals surface area contributed by atoms with Gasteiger partial charge in [-0.2, -0.15) is 0 Å². The molecule has 20 heavy (non-hydrogen) atoms. The Morgan fingerprint density at radius 3 is 2.45 bits per heavy atom. The van der Waals surface area contributed by atoms with Gasteiger partial charge in [-0.1, -0.05) is 17.7 Å². The topological polar surface area (TPSA) is 52.7 Å². The maximum absolute atomic E-state index is 9.88. The first kappa shape index (κ1) is 15.6. The molecule has 1 aliphatic heterocycles. The first-order chi connectivity index (χ1) is 9.40. The molecule has 2 rings (SSSR count). The number of halogens is 1. The lowest BCUT2D eigenvalue weighted by Crippen LogP contribution is -2.50. The lowest BCUT2D eigenvalue weighted by atomic mass is 10.1. The summed E-state index contributed by atoms with van der Waals surface area (Å²) in [4.78, 5) is 4.62. The molecule has 3 N–H and O–H groups in total. The van der Waals surface area contributed by atoms with Gasteiger partial charge in [0.15, 0.2) is 0 Å². The van der Waals surface area contributed by atoms with E-state index in [1.54, 1.807) is 0 Å². The Balaban J connectivity index is 2.02. The van der Waals surface area contributed by atoms with Gasteiger partial charge in [0.05, 0.1) is 5.60 Å². The molecule has 0 aliphatic carbocycles. The van der Waals surface area contributed by atoms with Gasteiger partial charge in [-0.3, -0.25) is 4.90 Å². The van der Waals surface area contributed by atoms with Crippen LogP contribution in [-0.2, 0) is 6.54 Å². The molecule has 0 unspecified atom stereocenters. The van der Waals surface area contributed by atoms with E-state index in [0.29, 0.717) is 13.1 Å². The maximum atomic E-state index is 9.88. The van der Waals surface area contributed by atoms with Gasteiger partial charge in [-0.15, -0.1) is 0 Å². The molecule has 0 atom stereocenters. The molecule has 0 bridgehead atoms. The van der Waals surface area contributed by atoms with Gasteiger partial charge in [0.2, 0.25) is 0 Å². The Kier molecular flexibility index (Phi) is 4.91. The number of anilines is 1. The fourth-order valence-electron chi connectivity index (χ4n) is 2.74. The number of piperazine rings is 1. The molecule has 1 fully saturated rings. The molecule has 1 aromatic rings. The summed E-state index contributed by atoms with van der Waals surface area (Å²) in [5.41, 5.74) is 7.34. The van der Waals surface area contributed by atoms with Crippen LogP contribution in [0.5, 0.6) is 0 Å². The first-order valence-electron chi connectivity index (χ1n) is 7.08. The predicted molar refractivity (Wildman–Crippen MR) is 84.3 cm³/mol. The lowest BCUT2D eigenvalue weighted by Gasteiger charge is -2.39. The number of nitrogens with two attached hydrogens (primary N) is 1. The van der Waals surface area contributed by atoms with Crippen LogP contribution in [0.4, 0.5) is 5.69 Å². The maximum Gasteiger partial charge on any atom is 0.0718 e. The van der Waals surface area contributed by atoms with E-state index < -0.39 is 5.60 Å². The van der Waals surface area contributed by atoms with E-state index in [4.69, 9.17) is 17.3 Å². The Hall–Kier alpha value is -0.810. The molecule has 1 aromatic carbocycles. The van der Waals surface area contributed by atoms with Gasteiger partial charge in [0.1, 0.15) is 0 Å². The largest absolute Gasteiger partial charge is 0.389 e. The number of hydrogen-bond acceptors (Lipinski definition) is 4. The Bertz CT molecular complexity index is 451. The molecule has 0 saturated carbocycles. The molecule has 0 amide bonds. The molecule has 4 nitrogen and oxygen atoms in total. The highest BCUT2D eigenvalue weighted by Gasteiger charge is 2.23. The number of benzene rings is 1. The second-order valence-electron chi connectivity index (χ2n) is 6.02. The zero-order valence-corrected chi connectivity index (χ0v) is 13.0. The Morgan fingerprint density at radius 2 is 1.90 bits per heavy atom. The van der Waals surface area contributed by atoms with Crippen molar-refractivity contribution >= 4 is 17.3 Å². The van der Waals surface area contributed by atoms with Crippen molar-refractivity contribution in [1.82, 2.24) is 4.90 Å². The van der Waals surface area contributed by atoms with Gasteiger partial charge in [0, 0.05) is 55.5 Å². The second-order valence-corrected chi connectivity index (χ2v) is 6.42. The zero-order chi connectivity index (χ0) is 14.8. The van der Waals surface area contributed by atoms with Crippen LogP contribution in [-0.4, -0.2) is 48.3 Å². The molecule has 112 valence electrons. The fraction of sp³-hybridized carbons (Fsp3) is 0.600. The average Bonchev–Trinajstić information content (AvgIpc) is 2.37. The van der Waals surface area contributed by atoms with Gasteiger partial charge >= 0.3 is 0 Å². The van der Waals surface area contributed by atoms with E-state index in [9.17, 15) is 5.11 Å². The Labute approximate surface area is 126 Å². The van der Waals surface area contributed by atoms with Crippen molar-refractivity contribution in [2.75, 3.05) is 37.6 Å². The van der Waals surface area contributed by atoms with Crippen molar-refractivity contribution in [1.29, 1.82) is 0 Å². The molecular formula is C15H24ClN3O. The quantitative estimate of drug-likeness (QED) is 0.888. The van der Waals surface area contributed by atoms with E-state index in [2.05, 4.69) is 15.9 Å². The van der Waals surface area contributed by atoms with E-state index in [-0.39, 0.29) is 0 Å². The van der Waals surface area contributed by atoms with Crippen LogP contribution >= 0.6 is 11.6 Å². The highest BCUT2D eigenvalue weighted by Crippen LogP contribution is 2.28. The van der Waals surface area contributed by atoms with Crippen LogP contribution < -0.4 is 10.6 Å². The highest BCUT2D eigenvalue weighted by atomic mass is 35.5. The minimum atomic E-state index is -0.638. The van der Waals surface area contributed by atoms with Crippen LogP contribution in [0.2, 0.25) is 5.02 Å². The van der Waals surface area contributed by atoms with Crippen molar-refractivity contribution < 1.29 is 5.11 Å². The van der Waals surface area contributed by atoms with Crippen LogP contribution in [0.15, 0.2) is 18.2 Å². The van der Waals surface area contributed by atoms with E-state index in [1.807, 2.05) is 26.0 Å². The highest BCUT2D eigenvalue weighted by molar-refractivity contribution is 6.31. The number of nitrogens with zero attached hydrogens (tertiary/aromatic N) is 2. The van der Waals surface area contributed by atoms with Crippen molar-refractivity contribution in [3.8, 4) is 0 Å². The number of hydrogen-bond donors (Lipinski definition) is 2. The van der Waals surface area contributed by atoms with E-state index in [0.717, 1.165) is 42.5 Å². The number of rotatable bonds is 4. The van der Waals surface area contributed by atoms with E-state index in [1.165, 1.54) is 0 Å². The summed E-state index contributed by atoms with van der Waals surface area (Å²) in [5, 5.41) is 10.6. The van der Waals surface area contributed by atoms with Gasteiger partial charge < -0.3 is 15.7 Å². The third kappa shape index (κ3) is 3.85. The van der Waals surface area contributed by atoms with Crippen LogP contribution in [0.3, 0.4) is 0 Å². The predicted octanol–water partition coefficient (Wildman–Crippen LogP) is 1.69. The van der Waals surface area contributed by atoms with Crippen LogP contribution in [0.25, 0.3) is 0 Å². The molecule has 0 radical (unpaired) electrons. The molecular weight excluding hydrogens is 274 g/mol. The van der Waals surface area contributed by atoms with Crippen LogP contribution in [0.1, 0.15) is 19.4 Å². The number of β-amino-alcohol motifs (C(OH)–C–C–N with tert-alkyl or cyclic N) is 1. The summed E-state index contributed by atoms with van der Waals surface area (Å²) in [6.45, 7) is 8.62. The summed E-state index contributed by atoms with van der Waals surface area (Å²) in [6, 6.07) is 5.94. The van der Waals surface area contributed by atoms with Crippen LogP contribution in [0, 0.1) is 0 Å². The van der Waals surface area contributed by atoms with Crippen molar-refractivity contribution in [2.24, 2.45) is 5.73 Å². The first-order valence-corrected chi connectivity index (χ1v) is 7.45. The molecule has 1 saturated heterocycles. The minimum absolute atomic E-state index is 0.457. The van der Waals surface area contributed by atoms with Gasteiger partial charge in [0.25, 0.3) is 0 Å². The van der Waals surface area contributed by atoms with Crippen molar-refractivity contribution in [3.63, 3.8) is 0 Å². The second kappa shape index (κ2) is 6.31. The minimum Gasteiger partial charge on any atom is -0.389 e. The summed E-state index contributed by atoms with van der Waals surface area (Å²) in [6.07, 6.45) is 0. The molecule has 1 aliphatic rings. The molecule has 5 heteroatoms. The summed E-state index contributed by atoms with van der Waals surface area (Å²) < 4.78 is 0. The standard InChI is InChI=1S/C15H24ClN3O/c1-15(2,20)11-18-6-8-19(9-7-18)14-5-3-4-13(16)12(14)10-17/h3-5,20H,6-11,17H2,1-2H3. The van der Waals surface area contributed by atoms with Gasteiger partial charge in [-0.05, 0) is 26.0 Å². The summed E-state index contributed by atoms with van der Waals surface area (Å²) in [5.74, 6) is 0. The fourth-order valence-corrected chi connectivity index (χ4v) is 2.99. The zero-order valence-electron chi connectivity index (χ0n) is 12.3. The van der Waals surface area contributed by atoms with Gasteiger partial charge in [-0.25, -0.2) is 0 Å².